The maximum atomic E-state index is 2.49. The molecule has 1 saturated carbocycles. The molecule has 0 heterocycles. The van der Waals surface area contributed by atoms with Gasteiger partial charge in [0.2, 0.25) is 0 Å². The Hall–Kier alpha value is -0.0400. The number of nitrogens with zero attached hydrogens (tertiary/aromatic N) is 1. The lowest BCUT2D eigenvalue weighted by Crippen LogP contribution is -2.53. The average molecular weight is 198 g/mol. The minimum atomic E-state index is 0.976. The zero-order valence-electron chi connectivity index (χ0n) is 10.4. The van der Waals surface area contributed by atoms with Gasteiger partial charge in [-0.15, -0.1) is 0 Å². The van der Waals surface area contributed by atoms with Crippen LogP contribution in [0, 0.1) is 0 Å². The highest BCUT2D eigenvalue weighted by atomic mass is 15.4. The predicted octanol–water partition coefficient (Wildman–Crippen LogP) is 3.59. The molecule has 0 bridgehead atoms. The Kier molecular flexibility index (Phi) is 4.94. The second-order valence-electron chi connectivity index (χ2n) is 5.22. The number of hydrogen-bond acceptors (Lipinski definition) is 0. The van der Waals surface area contributed by atoms with Crippen LogP contribution in [0.4, 0.5) is 0 Å². The van der Waals surface area contributed by atoms with Crippen molar-refractivity contribution in [3.05, 3.63) is 0 Å². The summed E-state index contributed by atoms with van der Waals surface area (Å²) in [6, 6.07) is 0.976. The van der Waals surface area contributed by atoms with Crippen molar-refractivity contribution in [2.24, 2.45) is 0 Å². The van der Waals surface area contributed by atoms with E-state index in [1.165, 1.54) is 62.5 Å². The monoisotopic (exact) mass is 198 g/mol. The maximum absolute atomic E-state index is 2.49. The molecule has 0 amide bonds. The van der Waals surface area contributed by atoms with E-state index in [-0.39, 0.29) is 0 Å². The van der Waals surface area contributed by atoms with E-state index in [4.69, 9.17) is 0 Å². The van der Waals surface area contributed by atoms with Crippen molar-refractivity contribution >= 4 is 0 Å². The standard InChI is InChI=1S/C13H28N/c1-4-11-14(3,12-5-2)13-9-7-6-8-10-13/h13H,4-12H2,1-3H3/q+1. The molecular formula is C13H28N+. The fraction of sp³-hybridized carbons (Fsp3) is 1.00. The Morgan fingerprint density at radius 2 is 1.43 bits per heavy atom. The molecule has 84 valence electrons. The Labute approximate surface area is 90.1 Å². The number of hydrogen-bond donors (Lipinski definition) is 0. The lowest BCUT2D eigenvalue weighted by atomic mass is 9.92. The molecule has 0 radical (unpaired) electrons. The summed E-state index contributed by atoms with van der Waals surface area (Å²) in [5.74, 6) is 0. The van der Waals surface area contributed by atoms with E-state index in [1.54, 1.807) is 0 Å². The summed E-state index contributed by atoms with van der Waals surface area (Å²) in [6.07, 6.45) is 10.1. The minimum absolute atomic E-state index is 0.976. The SMILES string of the molecule is CCC[N+](C)(CCC)C1CCCCC1. The van der Waals surface area contributed by atoms with E-state index in [1.807, 2.05) is 0 Å². The molecule has 14 heavy (non-hydrogen) atoms. The van der Waals surface area contributed by atoms with Crippen molar-refractivity contribution in [3.8, 4) is 0 Å². The van der Waals surface area contributed by atoms with Gasteiger partial charge in [0, 0.05) is 0 Å². The maximum Gasteiger partial charge on any atom is 0.0888 e. The first-order chi connectivity index (χ1) is 6.73. The molecule has 0 aliphatic heterocycles. The molecule has 0 N–H and O–H groups in total. The van der Waals surface area contributed by atoms with Gasteiger partial charge >= 0.3 is 0 Å². The fourth-order valence-corrected chi connectivity index (χ4v) is 3.20. The summed E-state index contributed by atoms with van der Waals surface area (Å²) in [6.45, 7) is 7.43. The molecule has 1 aliphatic carbocycles. The zero-order chi connectivity index (χ0) is 10.4. The Bertz CT molecular complexity index is 141. The van der Waals surface area contributed by atoms with Gasteiger partial charge in [0.25, 0.3) is 0 Å². The molecule has 0 aromatic carbocycles. The summed E-state index contributed by atoms with van der Waals surface area (Å²) in [7, 11) is 2.49. The molecule has 0 unspecified atom stereocenters. The van der Waals surface area contributed by atoms with Gasteiger partial charge in [0.1, 0.15) is 0 Å². The quantitative estimate of drug-likeness (QED) is 0.592. The molecule has 1 fully saturated rings. The summed E-state index contributed by atoms with van der Waals surface area (Å²) in [4.78, 5) is 0. The third-order valence-corrected chi connectivity index (χ3v) is 3.93. The molecule has 0 aromatic heterocycles. The second-order valence-corrected chi connectivity index (χ2v) is 5.22. The van der Waals surface area contributed by atoms with Crippen LogP contribution in [0.1, 0.15) is 58.8 Å². The van der Waals surface area contributed by atoms with Crippen molar-refractivity contribution in [3.63, 3.8) is 0 Å². The first-order valence-corrected chi connectivity index (χ1v) is 6.57. The number of rotatable bonds is 5. The van der Waals surface area contributed by atoms with Crippen LogP contribution in [0.3, 0.4) is 0 Å². The van der Waals surface area contributed by atoms with Crippen LogP contribution in [0.15, 0.2) is 0 Å². The van der Waals surface area contributed by atoms with Gasteiger partial charge in [-0.1, -0.05) is 20.3 Å². The topological polar surface area (TPSA) is 0 Å². The average Bonchev–Trinajstić information content (AvgIpc) is 2.20. The van der Waals surface area contributed by atoms with Gasteiger partial charge in [-0.2, -0.15) is 0 Å². The third kappa shape index (κ3) is 2.98. The van der Waals surface area contributed by atoms with Crippen molar-refractivity contribution in [1.29, 1.82) is 0 Å². The minimum Gasteiger partial charge on any atom is -0.324 e. The van der Waals surface area contributed by atoms with Gasteiger partial charge in [-0.3, -0.25) is 0 Å². The summed E-state index contributed by atoms with van der Waals surface area (Å²) < 4.78 is 1.35. The Morgan fingerprint density at radius 1 is 0.929 bits per heavy atom. The van der Waals surface area contributed by atoms with Gasteiger partial charge < -0.3 is 4.48 Å². The number of quaternary nitrogens is 1. The zero-order valence-corrected chi connectivity index (χ0v) is 10.4. The molecule has 0 aromatic rings. The van der Waals surface area contributed by atoms with Gasteiger partial charge in [0.15, 0.2) is 0 Å². The fourth-order valence-electron chi connectivity index (χ4n) is 3.20. The Balaban J connectivity index is 2.54. The summed E-state index contributed by atoms with van der Waals surface area (Å²) >= 11 is 0. The molecule has 0 atom stereocenters. The highest BCUT2D eigenvalue weighted by Gasteiger charge is 2.31. The van der Waals surface area contributed by atoms with Crippen molar-refractivity contribution in [1.82, 2.24) is 0 Å². The highest BCUT2D eigenvalue weighted by molar-refractivity contribution is 4.66. The van der Waals surface area contributed by atoms with E-state index >= 15 is 0 Å². The highest BCUT2D eigenvalue weighted by Crippen LogP contribution is 2.27. The molecule has 1 aliphatic rings. The third-order valence-electron chi connectivity index (χ3n) is 3.93. The van der Waals surface area contributed by atoms with Crippen LogP contribution in [0.2, 0.25) is 0 Å². The van der Waals surface area contributed by atoms with E-state index in [0.29, 0.717) is 0 Å². The van der Waals surface area contributed by atoms with Gasteiger partial charge in [-0.05, 0) is 38.5 Å². The van der Waals surface area contributed by atoms with E-state index in [2.05, 4.69) is 20.9 Å². The molecule has 1 heteroatoms. The molecule has 1 nitrogen and oxygen atoms in total. The summed E-state index contributed by atoms with van der Waals surface area (Å²) in [5.41, 5.74) is 0. The largest absolute Gasteiger partial charge is 0.324 e. The second kappa shape index (κ2) is 5.75. The van der Waals surface area contributed by atoms with Crippen LogP contribution in [-0.4, -0.2) is 30.7 Å². The van der Waals surface area contributed by atoms with Crippen molar-refractivity contribution in [2.75, 3.05) is 20.1 Å². The predicted molar refractivity (Wildman–Crippen MR) is 63.4 cm³/mol. The van der Waals surface area contributed by atoms with Gasteiger partial charge in [-0.25, -0.2) is 0 Å². The van der Waals surface area contributed by atoms with Crippen molar-refractivity contribution < 1.29 is 4.48 Å². The lowest BCUT2D eigenvalue weighted by molar-refractivity contribution is -0.934. The molecule has 1 rings (SSSR count). The smallest absolute Gasteiger partial charge is 0.0888 e. The molecule has 0 saturated heterocycles. The van der Waals surface area contributed by atoms with E-state index in [0.717, 1.165) is 6.04 Å². The van der Waals surface area contributed by atoms with Crippen molar-refractivity contribution in [2.45, 2.75) is 64.8 Å². The molecule has 0 spiro atoms. The van der Waals surface area contributed by atoms with Crippen LogP contribution < -0.4 is 0 Å². The van der Waals surface area contributed by atoms with E-state index < -0.39 is 0 Å². The van der Waals surface area contributed by atoms with Crippen LogP contribution in [0.25, 0.3) is 0 Å². The van der Waals surface area contributed by atoms with Crippen LogP contribution >= 0.6 is 0 Å². The normalized spacial score (nSPS) is 19.9. The Morgan fingerprint density at radius 3 is 1.86 bits per heavy atom. The van der Waals surface area contributed by atoms with Gasteiger partial charge in [0.05, 0.1) is 26.2 Å². The van der Waals surface area contributed by atoms with E-state index in [9.17, 15) is 0 Å². The van der Waals surface area contributed by atoms with Crippen LogP contribution in [-0.2, 0) is 0 Å². The lowest BCUT2D eigenvalue weighted by Gasteiger charge is -2.43. The first kappa shape index (κ1) is 12.0. The molecular weight excluding hydrogens is 170 g/mol. The summed E-state index contributed by atoms with van der Waals surface area (Å²) in [5, 5.41) is 0. The first-order valence-electron chi connectivity index (χ1n) is 6.57. The van der Waals surface area contributed by atoms with Crippen LogP contribution in [0.5, 0.6) is 0 Å².